The second-order valence-electron chi connectivity index (χ2n) is 6.10. The Morgan fingerprint density at radius 2 is 1.83 bits per heavy atom. The standard InChI is InChI=1S/C12H22/c1-11(2,10-5-6-10)9-12(3)7-4-8-12/h10H,4-9H2,1-3H3. The van der Waals surface area contributed by atoms with Gasteiger partial charge in [0.05, 0.1) is 0 Å². The fraction of sp³-hybridized carbons (Fsp3) is 1.00. The van der Waals surface area contributed by atoms with Crippen LogP contribution in [0.15, 0.2) is 0 Å². The van der Waals surface area contributed by atoms with Crippen LogP contribution in [0.4, 0.5) is 0 Å². The molecule has 2 rings (SSSR count). The minimum absolute atomic E-state index is 0.648. The zero-order valence-corrected chi connectivity index (χ0v) is 8.82. The van der Waals surface area contributed by atoms with E-state index >= 15 is 0 Å². The predicted molar refractivity (Wildman–Crippen MR) is 53.1 cm³/mol. The monoisotopic (exact) mass is 166 g/mol. The van der Waals surface area contributed by atoms with E-state index in [0.717, 1.165) is 11.3 Å². The molecule has 0 heterocycles. The van der Waals surface area contributed by atoms with Crippen LogP contribution >= 0.6 is 0 Å². The molecule has 12 heavy (non-hydrogen) atoms. The maximum atomic E-state index is 2.49. The molecule has 70 valence electrons. The Hall–Kier alpha value is 0. The molecule has 0 heteroatoms. The Morgan fingerprint density at radius 3 is 2.17 bits per heavy atom. The average molecular weight is 166 g/mol. The lowest BCUT2D eigenvalue weighted by Gasteiger charge is -2.44. The lowest BCUT2D eigenvalue weighted by molar-refractivity contribution is 0.0722. The molecule has 0 spiro atoms. The van der Waals surface area contributed by atoms with Gasteiger partial charge in [-0.2, -0.15) is 0 Å². The van der Waals surface area contributed by atoms with Gasteiger partial charge in [0.15, 0.2) is 0 Å². The minimum Gasteiger partial charge on any atom is -0.0596 e. The van der Waals surface area contributed by atoms with Crippen molar-refractivity contribution in [3.8, 4) is 0 Å². The third-order valence-corrected chi connectivity index (χ3v) is 4.13. The Balaban J connectivity index is 1.91. The second-order valence-corrected chi connectivity index (χ2v) is 6.10. The summed E-state index contributed by atoms with van der Waals surface area (Å²) in [5.74, 6) is 1.06. The van der Waals surface area contributed by atoms with E-state index in [1.54, 1.807) is 0 Å². The Labute approximate surface area is 76.7 Å². The van der Waals surface area contributed by atoms with Crippen molar-refractivity contribution in [2.75, 3.05) is 0 Å². The van der Waals surface area contributed by atoms with Crippen LogP contribution in [0.2, 0.25) is 0 Å². The molecule has 0 unspecified atom stereocenters. The number of hydrogen-bond donors (Lipinski definition) is 0. The maximum absolute atomic E-state index is 2.49. The van der Waals surface area contributed by atoms with Gasteiger partial charge in [0, 0.05) is 0 Å². The van der Waals surface area contributed by atoms with Gasteiger partial charge in [-0.1, -0.05) is 27.2 Å². The summed E-state index contributed by atoms with van der Waals surface area (Å²) >= 11 is 0. The fourth-order valence-electron chi connectivity index (χ4n) is 3.07. The third kappa shape index (κ3) is 1.53. The summed E-state index contributed by atoms with van der Waals surface area (Å²) in [5.41, 5.74) is 1.38. The Morgan fingerprint density at radius 1 is 1.25 bits per heavy atom. The van der Waals surface area contributed by atoms with Crippen molar-refractivity contribution >= 4 is 0 Å². The van der Waals surface area contributed by atoms with Crippen LogP contribution < -0.4 is 0 Å². The zero-order chi connectivity index (χ0) is 8.82. The molecule has 2 aliphatic carbocycles. The van der Waals surface area contributed by atoms with Crippen LogP contribution in [-0.4, -0.2) is 0 Å². The summed E-state index contributed by atoms with van der Waals surface area (Å²) in [7, 11) is 0. The molecular weight excluding hydrogens is 144 g/mol. The van der Waals surface area contributed by atoms with Crippen molar-refractivity contribution in [2.45, 2.75) is 59.3 Å². The van der Waals surface area contributed by atoms with E-state index in [2.05, 4.69) is 20.8 Å². The fourth-order valence-corrected chi connectivity index (χ4v) is 3.07. The third-order valence-electron chi connectivity index (χ3n) is 4.13. The van der Waals surface area contributed by atoms with E-state index in [9.17, 15) is 0 Å². The van der Waals surface area contributed by atoms with Crippen molar-refractivity contribution in [3.05, 3.63) is 0 Å². The van der Waals surface area contributed by atoms with E-state index in [-0.39, 0.29) is 0 Å². The minimum atomic E-state index is 0.648. The zero-order valence-electron chi connectivity index (χ0n) is 8.82. The molecule has 2 fully saturated rings. The molecule has 0 nitrogen and oxygen atoms in total. The smallest absolute Gasteiger partial charge is 0.0321 e. The SMILES string of the molecule is CC1(CC(C)(C)C2CC2)CCC1. The van der Waals surface area contributed by atoms with Crippen LogP contribution in [0.3, 0.4) is 0 Å². The summed E-state index contributed by atoms with van der Waals surface area (Å²) in [6, 6.07) is 0. The van der Waals surface area contributed by atoms with Crippen LogP contribution in [0.5, 0.6) is 0 Å². The first-order chi connectivity index (χ1) is 5.52. The van der Waals surface area contributed by atoms with Gasteiger partial charge < -0.3 is 0 Å². The summed E-state index contributed by atoms with van der Waals surface area (Å²) in [5, 5.41) is 0. The van der Waals surface area contributed by atoms with E-state index in [0.29, 0.717) is 5.41 Å². The molecule has 0 saturated heterocycles. The van der Waals surface area contributed by atoms with Gasteiger partial charge in [0.2, 0.25) is 0 Å². The largest absolute Gasteiger partial charge is 0.0596 e. The van der Waals surface area contributed by atoms with Crippen LogP contribution in [-0.2, 0) is 0 Å². The summed E-state index contributed by atoms with van der Waals surface area (Å²) in [6.45, 7) is 7.45. The molecule has 0 radical (unpaired) electrons. The molecule has 0 aromatic rings. The topological polar surface area (TPSA) is 0 Å². The number of rotatable bonds is 3. The molecule has 0 aromatic heterocycles. The molecule has 0 aliphatic heterocycles. The normalized spacial score (nSPS) is 28.2. The molecular formula is C12H22. The lowest BCUT2D eigenvalue weighted by atomic mass is 9.61. The van der Waals surface area contributed by atoms with Crippen LogP contribution in [0, 0.1) is 16.7 Å². The molecule has 2 saturated carbocycles. The highest BCUT2D eigenvalue weighted by Gasteiger charge is 2.44. The summed E-state index contributed by atoms with van der Waals surface area (Å²) in [6.07, 6.45) is 8.94. The average Bonchev–Trinajstić information content (AvgIpc) is 2.63. The number of hydrogen-bond acceptors (Lipinski definition) is 0. The van der Waals surface area contributed by atoms with Crippen molar-refractivity contribution in [3.63, 3.8) is 0 Å². The van der Waals surface area contributed by atoms with E-state index in [1.807, 2.05) is 0 Å². The van der Waals surface area contributed by atoms with Gasteiger partial charge in [0.1, 0.15) is 0 Å². The van der Waals surface area contributed by atoms with Gasteiger partial charge in [-0.3, -0.25) is 0 Å². The lowest BCUT2D eigenvalue weighted by Crippen LogP contribution is -2.32. The van der Waals surface area contributed by atoms with Gasteiger partial charge >= 0.3 is 0 Å². The summed E-state index contributed by atoms with van der Waals surface area (Å²) in [4.78, 5) is 0. The van der Waals surface area contributed by atoms with Crippen LogP contribution in [0.25, 0.3) is 0 Å². The van der Waals surface area contributed by atoms with Crippen molar-refractivity contribution in [1.82, 2.24) is 0 Å². The molecule has 0 atom stereocenters. The highest BCUT2D eigenvalue weighted by molar-refractivity contribution is 4.95. The van der Waals surface area contributed by atoms with Gasteiger partial charge in [-0.05, 0) is 48.9 Å². The first kappa shape index (κ1) is 8.59. The first-order valence-electron chi connectivity index (χ1n) is 5.52. The van der Waals surface area contributed by atoms with E-state index in [1.165, 1.54) is 38.5 Å². The van der Waals surface area contributed by atoms with Crippen molar-refractivity contribution < 1.29 is 0 Å². The highest BCUT2D eigenvalue weighted by atomic mass is 14.5. The maximum Gasteiger partial charge on any atom is -0.0321 e. The molecule has 0 amide bonds. The molecule has 0 aromatic carbocycles. The Bertz CT molecular complexity index is 170. The van der Waals surface area contributed by atoms with Gasteiger partial charge in [-0.15, -0.1) is 0 Å². The second kappa shape index (κ2) is 2.49. The van der Waals surface area contributed by atoms with Crippen LogP contribution in [0.1, 0.15) is 59.3 Å². The van der Waals surface area contributed by atoms with Crippen molar-refractivity contribution in [2.24, 2.45) is 16.7 Å². The molecule has 0 N–H and O–H groups in total. The Kier molecular flexibility index (Phi) is 1.79. The summed E-state index contributed by atoms with van der Waals surface area (Å²) < 4.78 is 0. The first-order valence-corrected chi connectivity index (χ1v) is 5.52. The molecule has 0 bridgehead atoms. The van der Waals surface area contributed by atoms with Gasteiger partial charge in [0.25, 0.3) is 0 Å². The van der Waals surface area contributed by atoms with E-state index < -0.39 is 0 Å². The molecule has 2 aliphatic rings. The van der Waals surface area contributed by atoms with E-state index in [4.69, 9.17) is 0 Å². The van der Waals surface area contributed by atoms with Gasteiger partial charge in [-0.25, -0.2) is 0 Å². The van der Waals surface area contributed by atoms with Crippen molar-refractivity contribution in [1.29, 1.82) is 0 Å². The quantitative estimate of drug-likeness (QED) is 0.594. The predicted octanol–water partition coefficient (Wildman–Crippen LogP) is 4.00. The highest BCUT2D eigenvalue weighted by Crippen LogP contribution is 2.55.